The maximum absolute atomic E-state index is 12.8. The molecule has 0 saturated carbocycles. The van der Waals surface area contributed by atoms with E-state index in [-0.39, 0.29) is 23.8 Å². The third-order valence-electron chi connectivity index (χ3n) is 4.93. The van der Waals surface area contributed by atoms with Gasteiger partial charge in [-0.05, 0) is 35.9 Å². The lowest BCUT2D eigenvalue weighted by molar-refractivity contribution is 0.309. The Morgan fingerprint density at radius 2 is 1.52 bits per heavy atom. The molecule has 4 aromatic rings. The Labute approximate surface area is 178 Å². The van der Waals surface area contributed by atoms with E-state index in [1.807, 2.05) is 30.3 Å². The first-order valence-corrected chi connectivity index (χ1v) is 9.60. The van der Waals surface area contributed by atoms with Gasteiger partial charge in [-0.2, -0.15) is 0 Å². The number of nitrogens with zero attached hydrogens (tertiary/aromatic N) is 1. The lowest BCUT2D eigenvalue weighted by atomic mass is 10.1. The fourth-order valence-corrected chi connectivity index (χ4v) is 3.43. The Balaban J connectivity index is 1.81. The van der Waals surface area contributed by atoms with Crippen molar-refractivity contribution in [3.05, 3.63) is 106 Å². The van der Waals surface area contributed by atoms with Crippen LogP contribution >= 0.6 is 0 Å². The highest BCUT2D eigenvalue weighted by Crippen LogP contribution is 2.27. The zero-order valence-electron chi connectivity index (χ0n) is 16.6. The molecule has 0 atom stereocenters. The molecule has 3 aromatic carbocycles. The van der Waals surface area contributed by atoms with Gasteiger partial charge in [0.05, 0.1) is 11.2 Å². The van der Waals surface area contributed by atoms with E-state index in [0.29, 0.717) is 28.1 Å². The van der Waals surface area contributed by atoms with Crippen LogP contribution in [-0.2, 0) is 6.61 Å². The van der Waals surface area contributed by atoms with Crippen LogP contribution in [0.2, 0.25) is 0 Å². The standard InChI is InChI=1S/C24H21N5O2/c25-23(26)17-6-1-4-15(12-17)14-31-20-9-3-5-16-10-11-21(30)29(22(16)20)19-8-2-7-18(13-19)24(27)28/h1-13H,14H2,(H3,25,26)(H3,27,28). The highest BCUT2D eigenvalue weighted by Gasteiger charge is 2.12. The summed E-state index contributed by atoms with van der Waals surface area (Å²) in [7, 11) is 0. The third kappa shape index (κ3) is 4.02. The molecule has 6 N–H and O–H groups in total. The number of amidine groups is 2. The number of aromatic nitrogens is 1. The van der Waals surface area contributed by atoms with Crippen molar-refractivity contribution in [2.45, 2.75) is 6.61 Å². The van der Waals surface area contributed by atoms with Crippen LogP contribution < -0.4 is 21.8 Å². The van der Waals surface area contributed by atoms with Gasteiger partial charge in [0, 0.05) is 22.6 Å². The van der Waals surface area contributed by atoms with Crippen molar-refractivity contribution >= 4 is 22.6 Å². The van der Waals surface area contributed by atoms with E-state index in [1.54, 1.807) is 47.0 Å². The van der Waals surface area contributed by atoms with Crippen molar-refractivity contribution in [1.82, 2.24) is 4.57 Å². The summed E-state index contributed by atoms with van der Waals surface area (Å²) in [4.78, 5) is 12.8. The van der Waals surface area contributed by atoms with Gasteiger partial charge in [0.1, 0.15) is 24.0 Å². The molecule has 4 rings (SSSR count). The largest absolute Gasteiger partial charge is 0.487 e. The molecule has 7 heteroatoms. The second-order valence-corrected chi connectivity index (χ2v) is 7.07. The van der Waals surface area contributed by atoms with Crippen LogP contribution in [0.25, 0.3) is 16.6 Å². The Hall–Kier alpha value is -4.39. The summed E-state index contributed by atoms with van der Waals surface area (Å²) in [6.07, 6.45) is 0. The number of ether oxygens (including phenoxy) is 1. The first kappa shape index (κ1) is 19.9. The van der Waals surface area contributed by atoms with Gasteiger partial charge in [-0.15, -0.1) is 0 Å². The molecule has 0 aliphatic heterocycles. The topological polar surface area (TPSA) is 131 Å². The summed E-state index contributed by atoms with van der Waals surface area (Å²) in [6.45, 7) is 0.247. The Bertz CT molecular complexity index is 1370. The Kier molecular flexibility index (Phi) is 5.24. The van der Waals surface area contributed by atoms with Gasteiger partial charge in [-0.3, -0.25) is 20.2 Å². The minimum Gasteiger partial charge on any atom is -0.487 e. The first-order valence-electron chi connectivity index (χ1n) is 9.60. The van der Waals surface area contributed by atoms with Crippen LogP contribution in [0, 0.1) is 10.8 Å². The minimum absolute atomic E-state index is 0.00815. The number of rotatable bonds is 6. The molecule has 0 radical (unpaired) electrons. The van der Waals surface area contributed by atoms with Gasteiger partial charge >= 0.3 is 0 Å². The van der Waals surface area contributed by atoms with Crippen molar-refractivity contribution < 1.29 is 4.74 Å². The highest BCUT2D eigenvalue weighted by atomic mass is 16.5. The zero-order valence-corrected chi connectivity index (χ0v) is 16.6. The SMILES string of the molecule is N=C(N)c1cccc(COc2cccc3ccc(=O)n(-c4cccc(C(=N)N)c4)c23)c1. The first-order chi connectivity index (χ1) is 14.9. The third-order valence-corrected chi connectivity index (χ3v) is 4.93. The van der Waals surface area contributed by atoms with E-state index in [0.717, 1.165) is 10.9 Å². The molecule has 31 heavy (non-hydrogen) atoms. The number of benzene rings is 3. The molecule has 0 bridgehead atoms. The van der Waals surface area contributed by atoms with Crippen LogP contribution in [0.5, 0.6) is 5.75 Å². The summed E-state index contributed by atoms with van der Waals surface area (Å²) < 4.78 is 7.66. The second kappa shape index (κ2) is 8.16. The lowest BCUT2D eigenvalue weighted by Gasteiger charge is -2.16. The number of hydrogen-bond donors (Lipinski definition) is 4. The monoisotopic (exact) mass is 411 g/mol. The summed E-state index contributed by atoms with van der Waals surface area (Å²) in [5.74, 6) is 0.458. The molecule has 0 fully saturated rings. The van der Waals surface area contributed by atoms with Crippen molar-refractivity contribution in [1.29, 1.82) is 10.8 Å². The average Bonchev–Trinajstić information content (AvgIpc) is 2.78. The molecule has 154 valence electrons. The van der Waals surface area contributed by atoms with E-state index >= 15 is 0 Å². The minimum atomic E-state index is -0.220. The molecule has 0 amide bonds. The van der Waals surface area contributed by atoms with Gasteiger partial charge < -0.3 is 16.2 Å². The van der Waals surface area contributed by atoms with E-state index in [1.165, 1.54) is 6.07 Å². The smallest absolute Gasteiger partial charge is 0.255 e. The van der Waals surface area contributed by atoms with Crippen LogP contribution in [0.4, 0.5) is 0 Å². The van der Waals surface area contributed by atoms with Gasteiger partial charge in [0.2, 0.25) is 0 Å². The van der Waals surface area contributed by atoms with E-state index in [9.17, 15) is 4.79 Å². The molecule has 0 spiro atoms. The number of hydrogen-bond acceptors (Lipinski definition) is 4. The highest BCUT2D eigenvalue weighted by molar-refractivity contribution is 5.96. The molecule has 0 aliphatic rings. The lowest BCUT2D eigenvalue weighted by Crippen LogP contribution is -2.19. The Morgan fingerprint density at radius 1 is 0.839 bits per heavy atom. The number of para-hydroxylation sites is 1. The molecule has 0 aliphatic carbocycles. The van der Waals surface area contributed by atoms with E-state index in [2.05, 4.69) is 0 Å². The second-order valence-electron chi connectivity index (χ2n) is 7.07. The maximum Gasteiger partial charge on any atom is 0.255 e. The zero-order chi connectivity index (χ0) is 22.0. The normalized spacial score (nSPS) is 10.7. The van der Waals surface area contributed by atoms with Gasteiger partial charge in [0.15, 0.2) is 0 Å². The number of nitrogens with one attached hydrogen (secondary N) is 2. The summed E-state index contributed by atoms with van der Waals surface area (Å²) >= 11 is 0. The molecular weight excluding hydrogens is 390 g/mol. The van der Waals surface area contributed by atoms with Crippen molar-refractivity contribution in [2.24, 2.45) is 11.5 Å². The fourth-order valence-electron chi connectivity index (χ4n) is 3.43. The number of nitrogen functional groups attached to an aromatic ring is 2. The summed E-state index contributed by atoms with van der Waals surface area (Å²) in [6, 6.07) is 23.1. The summed E-state index contributed by atoms with van der Waals surface area (Å²) in [5.41, 5.74) is 14.2. The number of pyridine rings is 1. The van der Waals surface area contributed by atoms with Gasteiger partial charge in [-0.25, -0.2) is 0 Å². The number of fused-ring (bicyclic) bond motifs is 1. The van der Waals surface area contributed by atoms with E-state index in [4.69, 9.17) is 27.0 Å². The Morgan fingerprint density at radius 3 is 2.26 bits per heavy atom. The predicted molar refractivity (Wildman–Crippen MR) is 122 cm³/mol. The summed E-state index contributed by atoms with van der Waals surface area (Å²) in [5, 5.41) is 16.1. The maximum atomic E-state index is 12.8. The molecular formula is C24H21N5O2. The molecule has 1 aromatic heterocycles. The van der Waals surface area contributed by atoms with Crippen LogP contribution in [0.15, 0.2) is 83.7 Å². The van der Waals surface area contributed by atoms with Gasteiger partial charge in [0.25, 0.3) is 5.56 Å². The van der Waals surface area contributed by atoms with Crippen molar-refractivity contribution in [3.63, 3.8) is 0 Å². The van der Waals surface area contributed by atoms with Crippen LogP contribution in [0.1, 0.15) is 16.7 Å². The van der Waals surface area contributed by atoms with E-state index < -0.39 is 0 Å². The average molecular weight is 411 g/mol. The number of nitrogens with two attached hydrogens (primary N) is 2. The quantitative estimate of drug-likeness (QED) is 0.287. The van der Waals surface area contributed by atoms with Crippen LogP contribution in [-0.4, -0.2) is 16.2 Å². The van der Waals surface area contributed by atoms with Crippen molar-refractivity contribution in [2.75, 3.05) is 0 Å². The molecule has 0 saturated heterocycles. The molecule has 7 nitrogen and oxygen atoms in total. The van der Waals surface area contributed by atoms with Gasteiger partial charge in [-0.1, -0.05) is 42.5 Å². The van der Waals surface area contributed by atoms with Crippen LogP contribution in [0.3, 0.4) is 0 Å². The molecule has 0 unspecified atom stereocenters. The predicted octanol–water partition coefficient (Wildman–Crippen LogP) is 3.14. The molecule has 1 heterocycles. The van der Waals surface area contributed by atoms with Crippen molar-refractivity contribution in [3.8, 4) is 11.4 Å². The fraction of sp³-hybridized carbons (Fsp3) is 0.0417.